The SMILES string of the molecule is C/C=C(\C)C(=O)OC1C[C@H]2CC(OC(=O)C(C)C)[C@@H](C1)N2C. The third kappa shape index (κ3) is 3.51. The molecule has 2 saturated heterocycles. The van der Waals surface area contributed by atoms with Crippen LogP contribution in [0, 0.1) is 5.92 Å². The molecule has 2 heterocycles. The van der Waals surface area contributed by atoms with Gasteiger partial charge in [0.2, 0.25) is 0 Å². The van der Waals surface area contributed by atoms with Gasteiger partial charge in [0.25, 0.3) is 0 Å². The van der Waals surface area contributed by atoms with Crippen LogP contribution < -0.4 is 0 Å². The summed E-state index contributed by atoms with van der Waals surface area (Å²) in [7, 11) is 2.06. The second kappa shape index (κ2) is 6.82. The van der Waals surface area contributed by atoms with Gasteiger partial charge in [-0.15, -0.1) is 0 Å². The summed E-state index contributed by atoms with van der Waals surface area (Å²) >= 11 is 0. The Labute approximate surface area is 132 Å². The van der Waals surface area contributed by atoms with E-state index in [0.717, 1.165) is 19.3 Å². The smallest absolute Gasteiger partial charge is 0.333 e. The fourth-order valence-electron chi connectivity index (χ4n) is 3.24. The van der Waals surface area contributed by atoms with E-state index in [1.165, 1.54) is 0 Å². The zero-order valence-corrected chi connectivity index (χ0v) is 14.2. The van der Waals surface area contributed by atoms with Gasteiger partial charge in [0.15, 0.2) is 0 Å². The third-order valence-corrected chi connectivity index (χ3v) is 4.84. The molecule has 2 aliphatic heterocycles. The van der Waals surface area contributed by atoms with Crippen LogP contribution in [0.3, 0.4) is 0 Å². The highest BCUT2D eigenvalue weighted by molar-refractivity contribution is 5.87. The number of ether oxygens (including phenoxy) is 2. The second-order valence-electron chi connectivity index (χ2n) is 6.72. The molecule has 5 nitrogen and oxygen atoms in total. The topological polar surface area (TPSA) is 55.8 Å². The highest BCUT2D eigenvalue weighted by atomic mass is 16.6. The fraction of sp³-hybridized carbons (Fsp3) is 0.765. The number of esters is 2. The van der Waals surface area contributed by atoms with Gasteiger partial charge in [-0.2, -0.15) is 0 Å². The van der Waals surface area contributed by atoms with Gasteiger partial charge < -0.3 is 9.47 Å². The predicted octanol–water partition coefficient (Wildman–Crippen LogP) is 2.30. The van der Waals surface area contributed by atoms with Crippen LogP contribution in [-0.4, -0.2) is 48.2 Å². The van der Waals surface area contributed by atoms with Crippen LogP contribution in [0.1, 0.15) is 47.0 Å². The van der Waals surface area contributed by atoms with Crippen LogP contribution >= 0.6 is 0 Å². The molecule has 0 saturated carbocycles. The molecule has 5 heteroatoms. The number of allylic oxidation sites excluding steroid dienone is 1. The lowest BCUT2D eigenvalue weighted by molar-refractivity contribution is -0.156. The number of rotatable bonds is 4. The Morgan fingerprint density at radius 1 is 1.18 bits per heavy atom. The molecule has 0 aromatic carbocycles. The van der Waals surface area contributed by atoms with Gasteiger partial charge in [-0.1, -0.05) is 19.9 Å². The summed E-state index contributed by atoms with van der Waals surface area (Å²) in [6.07, 6.45) is 3.96. The zero-order chi connectivity index (χ0) is 16.4. The summed E-state index contributed by atoms with van der Waals surface area (Å²) in [5, 5.41) is 0. The highest BCUT2D eigenvalue weighted by Gasteiger charge is 2.47. The first-order valence-corrected chi connectivity index (χ1v) is 8.09. The Bertz CT molecular complexity index is 471. The van der Waals surface area contributed by atoms with Gasteiger partial charge in [0.1, 0.15) is 12.2 Å². The Hall–Kier alpha value is -1.36. The molecule has 0 amide bonds. The Kier molecular flexibility index (Phi) is 5.27. The van der Waals surface area contributed by atoms with Crippen LogP contribution in [0.15, 0.2) is 11.6 Å². The summed E-state index contributed by atoms with van der Waals surface area (Å²) in [5.74, 6) is -0.506. The van der Waals surface area contributed by atoms with Crippen molar-refractivity contribution >= 4 is 11.9 Å². The van der Waals surface area contributed by atoms with E-state index in [1.807, 2.05) is 20.8 Å². The van der Waals surface area contributed by atoms with E-state index < -0.39 is 0 Å². The number of nitrogens with zero attached hydrogens (tertiary/aromatic N) is 1. The summed E-state index contributed by atoms with van der Waals surface area (Å²) in [6.45, 7) is 7.28. The fourth-order valence-corrected chi connectivity index (χ4v) is 3.24. The van der Waals surface area contributed by atoms with Crippen LogP contribution in [-0.2, 0) is 19.1 Å². The van der Waals surface area contributed by atoms with Crippen LogP contribution in [0.5, 0.6) is 0 Å². The average Bonchev–Trinajstić information content (AvgIpc) is 2.65. The normalized spacial score (nSPS) is 32.2. The average molecular weight is 309 g/mol. The minimum Gasteiger partial charge on any atom is -0.460 e. The van der Waals surface area contributed by atoms with Gasteiger partial charge in [-0.25, -0.2) is 4.79 Å². The van der Waals surface area contributed by atoms with Crippen molar-refractivity contribution < 1.29 is 19.1 Å². The summed E-state index contributed by atoms with van der Waals surface area (Å²) in [6, 6.07) is 0.456. The lowest BCUT2D eigenvalue weighted by Gasteiger charge is -2.36. The summed E-state index contributed by atoms with van der Waals surface area (Å²) < 4.78 is 11.2. The molecule has 22 heavy (non-hydrogen) atoms. The van der Waals surface area contributed by atoms with Gasteiger partial charge in [0.05, 0.1) is 12.0 Å². The summed E-state index contributed by atoms with van der Waals surface area (Å²) in [5.41, 5.74) is 0.633. The maximum absolute atomic E-state index is 11.9. The predicted molar refractivity (Wildman–Crippen MR) is 83.2 cm³/mol. The van der Waals surface area contributed by atoms with Gasteiger partial charge in [-0.05, 0) is 20.9 Å². The Morgan fingerprint density at radius 3 is 2.45 bits per heavy atom. The maximum atomic E-state index is 11.9. The van der Waals surface area contributed by atoms with Crippen LogP contribution in [0.2, 0.25) is 0 Å². The van der Waals surface area contributed by atoms with E-state index in [1.54, 1.807) is 13.0 Å². The number of fused-ring (bicyclic) bond motifs is 2. The Balaban J connectivity index is 1.98. The standard InChI is InChI=1S/C17H27NO4/c1-6-11(4)17(20)21-13-7-12-8-15(14(9-13)18(12)5)22-16(19)10(2)3/h6,10,12-15H,7-9H2,1-5H3/b11-6+/t12-,13?,14+,15?/m0/s1. The van der Waals surface area contributed by atoms with Crippen molar-refractivity contribution in [1.29, 1.82) is 0 Å². The molecular weight excluding hydrogens is 282 g/mol. The van der Waals surface area contributed by atoms with E-state index in [0.29, 0.717) is 11.6 Å². The lowest BCUT2D eigenvalue weighted by Crippen LogP contribution is -2.46. The molecule has 2 unspecified atom stereocenters. The first-order chi connectivity index (χ1) is 10.3. The molecule has 0 aromatic heterocycles. The number of likely N-dealkylation sites (N-methyl/N-ethyl adjacent to an activating group) is 1. The molecule has 0 aromatic rings. The van der Waals surface area contributed by atoms with Crippen molar-refractivity contribution in [2.75, 3.05) is 7.05 Å². The van der Waals surface area contributed by atoms with Gasteiger partial charge >= 0.3 is 11.9 Å². The minimum atomic E-state index is -0.243. The van der Waals surface area contributed by atoms with Gasteiger partial charge in [-0.3, -0.25) is 9.69 Å². The number of carbonyl (C=O) groups excluding carboxylic acids is 2. The van der Waals surface area contributed by atoms with Crippen molar-refractivity contribution in [2.24, 2.45) is 5.92 Å². The maximum Gasteiger partial charge on any atom is 0.333 e. The Morgan fingerprint density at radius 2 is 1.86 bits per heavy atom. The van der Waals surface area contributed by atoms with Crippen molar-refractivity contribution in [2.45, 2.75) is 71.2 Å². The van der Waals surface area contributed by atoms with E-state index in [2.05, 4.69) is 11.9 Å². The van der Waals surface area contributed by atoms with E-state index in [-0.39, 0.29) is 36.1 Å². The molecule has 0 radical (unpaired) electrons. The van der Waals surface area contributed by atoms with E-state index >= 15 is 0 Å². The lowest BCUT2D eigenvalue weighted by atomic mass is 10.00. The van der Waals surface area contributed by atoms with Gasteiger partial charge in [0, 0.05) is 30.9 Å². The van der Waals surface area contributed by atoms with Crippen molar-refractivity contribution in [1.82, 2.24) is 4.90 Å². The molecule has 0 spiro atoms. The third-order valence-electron chi connectivity index (χ3n) is 4.84. The molecule has 2 bridgehead atoms. The van der Waals surface area contributed by atoms with Crippen molar-refractivity contribution in [3.63, 3.8) is 0 Å². The molecule has 2 aliphatic rings. The monoisotopic (exact) mass is 309 g/mol. The van der Waals surface area contributed by atoms with E-state index in [4.69, 9.17) is 9.47 Å². The molecule has 2 fully saturated rings. The molecule has 124 valence electrons. The number of piperidine rings is 1. The van der Waals surface area contributed by atoms with E-state index in [9.17, 15) is 9.59 Å². The molecule has 4 atom stereocenters. The largest absolute Gasteiger partial charge is 0.460 e. The number of carbonyl (C=O) groups is 2. The van der Waals surface area contributed by atoms with Crippen molar-refractivity contribution in [3.05, 3.63) is 11.6 Å². The molecular formula is C17H27NO4. The second-order valence-corrected chi connectivity index (χ2v) is 6.72. The minimum absolute atomic E-state index is 0.0867. The number of hydrogen-bond donors (Lipinski definition) is 0. The van der Waals surface area contributed by atoms with Crippen LogP contribution in [0.25, 0.3) is 0 Å². The quantitative estimate of drug-likeness (QED) is 0.589. The zero-order valence-electron chi connectivity index (χ0n) is 14.2. The highest BCUT2D eigenvalue weighted by Crippen LogP contribution is 2.37. The molecule has 0 aliphatic carbocycles. The van der Waals surface area contributed by atoms with Crippen LogP contribution in [0.4, 0.5) is 0 Å². The molecule has 0 N–H and O–H groups in total. The van der Waals surface area contributed by atoms with Crippen molar-refractivity contribution in [3.8, 4) is 0 Å². The first kappa shape index (κ1) is 17.0. The molecule has 2 rings (SSSR count). The first-order valence-electron chi connectivity index (χ1n) is 8.09. The number of hydrogen-bond acceptors (Lipinski definition) is 5. The summed E-state index contributed by atoms with van der Waals surface area (Å²) in [4.78, 5) is 26.0.